The maximum absolute atomic E-state index is 11.4. The third-order valence-electron chi connectivity index (χ3n) is 3.74. The topological polar surface area (TPSA) is 186 Å². The van der Waals surface area contributed by atoms with Gasteiger partial charge in [0.15, 0.2) is 5.76 Å². The summed E-state index contributed by atoms with van der Waals surface area (Å²) >= 11 is 0. The summed E-state index contributed by atoms with van der Waals surface area (Å²) in [6, 6.07) is -1.28. The molecule has 11 heteroatoms. The lowest BCUT2D eigenvalue weighted by molar-refractivity contribution is -0.141. The van der Waals surface area contributed by atoms with E-state index in [4.69, 9.17) is 14.9 Å². The highest BCUT2D eigenvalue weighted by Gasteiger charge is 2.39. The van der Waals surface area contributed by atoms with Crippen molar-refractivity contribution in [2.45, 2.75) is 37.3 Å². The average molecular weight is 374 g/mol. The molecule has 0 aliphatic heterocycles. The van der Waals surface area contributed by atoms with Crippen molar-refractivity contribution in [2.75, 3.05) is 20.3 Å². The second-order valence-electron chi connectivity index (χ2n) is 5.87. The summed E-state index contributed by atoms with van der Waals surface area (Å²) in [5.41, 5.74) is -1.53. The normalized spacial score (nSPS) is 22.8. The smallest absolute Gasteiger partial charge is 0.326 e. The molecular weight excluding hydrogens is 352 g/mol. The number of methoxy groups -OCH3 is 1. The Morgan fingerprint density at radius 1 is 1.23 bits per heavy atom. The third-order valence-corrected chi connectivity index (χ3v) is 3.74. The molecule has 0 aromatic heterocycles. The molecular formula is C15H22N2O9. The zero-order valence-electron chi connectivity index (χ0n) is 14.1. The van der Waals surface area contributed by atoms with Gasteiger partial charge in [0.25, 0.3) is 0 Å². The van der Waals surface area contributed by atoms with E-state index in [9.17, 15) is 29.7 Å². The van der Waals surface area contributed by atoms with E-state index in [-0.39, 0.29) is 36.4 Å². The van der Waals surface area contributed by atoms with Crippen LogP contribution in [0.25, 0.3) is 0 Å². The van der Waals surface area contributed by atoms with E-state index in [0.717, 1.165) is 0 Å². The number of rotatable bonds is 10. The average Bonchev–Trinajstić information content (AvgIpc) is 2.56. The number of ether oxygens (including phenoxy) is 1. The third kappa shape index (κ3) is 6.01. The van der Waals surface area contributed by atoms with Gasteiger partial charge in [-0.15, -0.1) is 0 Å². The summed E-state index contributed by atoms with van der Waals surface area (Å²) in [7, 11) is 1.27. The standard InChI is InChI=1S/C15H22N2O9/c1-26-13-9(16-6-12(21)22)4-15(25,7-18)5-10(13)17-8(14(23)24)2-3-11(19)20/h8,17-18,25H,2-7H2,1H3,(H,19,20)(H,21,22)(H,23,24)/t8?,15-/m0/s1. The van der Waals surface area contributed by atoms with Gasteiger partial charge in [0.2, 0.25) is 0 Å². The van der Waals surface area contributed by atoms with Crippen LogP contribution in [0.2, 0.25) is 0 Å². The first kappa shape index (κ1) is 21.4. The lowest BCUT2D eigenvalue weighted by atomic mass is 9.85. The number of hydrogen-bond acceptors (Lipinski definition) is 8. The molecule has 26 heavy (non-hydrogen) atoms. The lowest BCUT2D eigenvalue weighted by Crippen LogP contribution is -2.46. The number of carboxylic acids is 3. The molecule has 1 aliphatic rings. The van der Waals surface area contributed by atoms with Crippen molar-refractivity contribution >= 4 is 23.6 Å². The maximum atomic E-state index is 11.4. The van der Waals surface area contributed by atoms with Gasteiger partial charge >= 0.3 is 17.9 Å². The molecule has 2 atom stereocenters. The number of aliphatic hydroxyl groups excluding tert-OH is 1. The fourth-order valence-electron chi connectivity index (χ4n) is 2.53. The van der Waals surface area contributed by atoms with Crippen LogP contribution in [0.15, 0.2) is 16.4 Å². The van der Waals surface area contributed by atoms with Crippen molar-refractivity contribution in [2.24, 2.45) is 4.99 Å². The van der Waals surface area contributed by atoms with E-state index in [1.54, 1.807) is 0 Å². The van der Waals surface area contributed by atoms with Gasteiger partial charge in [-0.2, -0.15) is 0 Å². The first-order valence-corrected chi connectivity index (χ1v) is 7.69. The lowest BCUT2D eigenvalue weighted by Gasteiger charge is -2.35. The van der Waals surface area contributed by atoms with Gasteiger partial charge in [-0.25, -0.2) is 4.79 Å². The Morgan fingerprint density at radius 2 is 1.88 bits per heavy atom. The number of aliphatic hydroxyl groups is 2. The largest absolute Gasteiger partial charge is 0.493 e. The number of allylic oxidation sites excluding steroid dienone is 1. The molecule has 1 unspecified atom stereocenters. The quantitative estimate of drug-likeness (QED) is 0.271. The summed E-state index contributed by atoms with van der Waals surface area (Å²) < 4.78 is 5.18. The predicted molar refractivity (Wildman–Crippen MR) is 86.7 cm³/mol. The molecule has 0 heterocycles. The van der Waals surface area contributed by atoms with Crippen molar-refractivity contribution in [3.05, 3.63) is 11.5 Å². The Labute approximate surface area is 148 Å². The molecule has 0 bridgehead atoms. The SMILES string of the molecule is COC1=C(NC(CCC(=O)O)C(=O)O)C[C@](O)(CO)CC1=NCC(=O)O. The van der Waals surface area contributed by atoms with Crippen LogP contribution in [0.3, 0.4) is 0 Å². The molecule has 0 aromatic carbocycles. The first-order valence-electron chi connectivity index (χ1n) is 7.69. The summed E-state index contributed by atoms with van der Waals surface area (Å²) in [4.78, 5) is 36.6. The van der Waals surface area contributed by atoms with Crippen LogP contribution in [-0.2, 0) is 19.1 Å². The first-order chi connectivity index (χ1) is 12.1. The highest BCUT2D eigenvalue weighted by molar-refractivity contribution is 6.01. The molecule has 6 N–H and O–H groups in total. The van der Waals surface area contributed by atoms with E-state index in [1.165, 1.54) is 7.11 Å². The molecule has 1 rings (SSSR count). The molecule has 11 nitrogen and oxygen atoms in total. The van der Waals surface area contributed by atoms with Crippen molar-refractivity contribution in [1.82, 2.24) is 5.32 Å². The van der Waals surface area contributed by atoms with Crippen LogP contribution >= 0.6 is 0 Å². The Kier molecular flexibility index (Phi) is 7.53. The molecule has 0 spiro atoms. The fraction of sp³-hybridized carbons (Fsp3) is 0.600. The minimum absolute atomic E-state index is 0.0579. The van der Waals surface area contributed by atoms with E-state index in [2.05, 4.69) is 10.3 Å². The van der Waals surface area contributed by atoms with Crippen LogP contribution < -0.4 is 5.32 Å². The molecule has 0 saturated heterocycles. The number of aliphatic imine (C=N–C) groups is 1. The van der Waals surface area contributed by atoms with Crippen molar-refractivity contribution in [1.29, 1.82) is 0 Å². The van der Waals surface area contributed by atoms with Gasteiger partial charge in [0.1, 0.15) is 12.6 Å². The van der Waals surface area contributed by atoms with Crippen LogP contribution in [0.5, 0.6) is 0 Å². The van der Waals surface area contributed by atoms with Crippen molar-refractivity contribution < 1.29 is 44.7 Å². The van der Waals surface area contributed by atoms with E-state index >= 15 is 0 Å². The van der Waals surface area contributed by atoms with Gasteiger partial charge in [0, 0.05) is 19.3 Å². The number of carboxylic acid groups (broad SMARTS) is 3. The zero-order valence-corrected chi connectivity index (χ0v) is 14.1. The van der Waals surface area contributed by atoms with E-state index in [0.29, 0.717) is 0 Å². The summed E-state index contributed by atoms with van der Waals surface area (Å²) in [6.07, 6.45) is -1.01. The molecule has 0 fully saturated rings. The minimum Gasteiger partial charge on any atom is -0.493 e. The van der Waals surface area contributed by atoms with Gasteiger partial charge in [-0.05, 0) is 6.42 Å². The number of hydrogen-bond donors (Lipinski definition) is 6. The van der Waals surface area contributed by atoms with Gasteiger partial charge in [-0.1, -0.05) is 0 Å². The van der Waals surface area contributed by atoms with Crippen LogP contribution in [-0.4, -0.2) is 81.1 Å². The summed E-state index contributed by atoms with van der Waals surface area (Å²) in [5, 5.41) is 49.2. The monoisotopic (exact) mass is 374 g/mol. The molecule has 146 valence electrons. The van der Waals surface area contributed by atoms with E-state index in [1.807, 2.05) is 0 Å². The Morgan fingerprint density at radius 3 is 2.35 bits per heavy atom. The second kappa shape index (κ2) is 9.15. The molecule has 0 amide bonds. The number of nitrogens with zero attached hydrogens (tertiary/aromatic N) is 1. The summed E-state index contributed by atoms with van der Waals surface area (Å²) in [5.74, 6) is -3.63. The van der Waals surface area contributed by atoms with Crippen LogP contribution in [0.1, 0.15) is 25.7 Å². The Bertz CT molecular complexity index is 629. The molecule has 0 aromatic rings. The Balaban J connectivity index is 3.21. The van der Waals surface area contributed by atoms with Crippen molar-refractivity contribution in [3.8, 4) is 0 Å². The molecule has 0 saturated carbocycles. The summed E-state index contributed by atoms with van der Waals surface area (Å²) in [6.45, 7) is -1.27. The maximum Gasteiger partial charge on any atom is 0.326 e. The highest BCUT2D eigenvalue weighted by Crippen LogP contribution is 2.31. The van der Waals surface area contributed by atoms with Crippen molar-refractivity contribution in [3.63, 3.8) is 0 Å². The minimum atomic E-state index is -1.68. The van der Waals surface area contributed by atoms with Gasteiger partial charge < -0.3 is 35.6 Å². The van der Waals surface area contributed by atoms with Gasteiger partial charge in [0.05, 0.1) is 30.7 Å². The highest BCUT2D eigenvalue weighted by atomic mass is 16.5. The van der Waals surface area contributed by atoms with Crippen LogP contribution in [0, 0.1) is 0 Å². The molecule has 1 aliphatic carbocycles. The second-order valence-corrected chi connectivity index (χ2v) is 5.87. The number of carbonyl (C=O) groups is 3. The van der Waals surface area contributed by atoms with Crippen LogP contribution in [0.4, 0.5) is 0 Å². The Hall–Kier alpha value is -2.66. The van der Waals surface area contributed by atoms with Gasteiger partial charge in [-0.3, -0.25) is 14.6 Å². The number of aliphatic carboxylic acids is 3. The van der Waals surface area contributed by atoms with E-state index < -0.39 is 49.1 Å². The fourth-order valence-corrected chi connectivity index (χ4v) is 2.53. The molecule has 0 radical (unpaired) electrons. The zero-order chi connectivity index (χ0) is 19.9. The predicted octanol–water partition coefficient (Wildman–Crippen LogP) is -1.21. The number of nitrogens with one attached hydrogen (secondary N) is 1.